The fraction of sp³-hybridized carbons (Fsp3) is 0.562. The van der Waals surface area contributed by atoms with Gasteiger partial charge in [-0.2, -0.15) is 0 Å². The van der Waals surface area contributed by atoms with Crippen LogP contribution in [-0.4, -0.2) is 34.3 Å². The molecular formula is C16H24N2O4. The van der Waals surface area contributed by atoms with E-state index in [0.29, 0.717) is 35.5 Å². The summed E-state index contributed by atoms with van der Waals surface area (Å²) in [5.74, 6) is -1.03. The number of rotatable bonds is 9. The van der Waals surface area contributed by atoms with Crippen LogP contribution in [0.3, 0.4) is 0 Å². The number of aromatic nitrogens is 1. The zero-order valence-corrected chi connectivity index (χ0v) is 13.4. The Kier molecular flexibility index (Phi) is 6.82. The summed E-state index contributed by atoms with van der Waals surface area (Å²) < 4.78 is 0. The molecule has 0 unspecified atom stereocenters. The van der Waals surface area contributed by atoms with Gasteiger partial charge in [0, 0.05) is 24.2 Å². The van der Waals surface area contributed by atoms with Crippen molar-refractivity contribution in [2.75, 3.05) is 6.54 Å². The average molecular weight is 308 g/mol. The lowest BCUT2D eigenvalue weighted by Crippen LogP contribution is -2.25. The lowest BCUT2D eigenvalue weighted by Gasteiger charge is -2.05. The first kappa shape index (κ1) is 17.9. The van der Waals surface area contributed by atoms with Gasteiger partial charge in [0.05, 0.1) is 0 Å². The molecule has 0 bridgehead atoms. The van der Waals surface area contributed by atoms with Crippen LogP contribution < -0.4 is 5.32 Å². The Labute approximate surface area is 130 Å². The largest absolute Gasteiger partial charge is 0.481 e. The van der Waals surface area contributed by atoms with Gasteiger partial charge in [-0.05, 0) is 39.2 Å². The van der Waals surface area contributed by atoms with Crippen LogP contribution in [0, 0.1) is 13.8 Å². The minimum atomic E-state index is -0.771. The Morgan fingerprint density at radius 2 is 1.73 bits per heavy atom. The molecule has 0 saturated heterocycles. The third kappa shape index (κ3) is 5.02. The van der Waals surface area contributed by atoms with E-state index in [9.17, 15) is 14.4 Å². The molecule has 1 rings (SSSR count). The summed E-state index contributed by atoms with van der Waals surface area (Å²) >= 11 is 0. The number of nitrogens with one attached hydrogen (secondary N) is 2. The summed E-state index contributed by atoms with van der Waals surface area (Å²) in [6.07, 6.45) is 3.40. The van der Waals surface area contributed by atoms with Crippen molar-refractivity contribution in [2.24, 2.45) is 0 Å². The molecule has 0 aliphatic carbocycles. The zero-order chi connectivity index (χ0) is 16.7. The number of ketones is 1. The number of carbonyl (C=O) groups excluding carboxylic acids is 2. The summed E-state index contributed by atoms with van der Waals surface area (Å²) in [5.41, 5.74) is 2.42. The Hall–Kier alpha value is -2.11. The second-order valence-electron chi connectivity index (χ2n) is 5.50. The number of carboxylic acid groups (broad SMARTS) is 1. The molecule has 0 radical (unpaired) electrons. The van der Waals surface area contributed by atoms with E-state index in [1.54, 1.807) is 13.8 Å². The van der Waals surface area contributed by atoms with Crippen LogP contribution in [-0.2, 0) is 4.79 Å². The molecular weight excluding hydrogens is 284 g/mol. The Bertz CT molecular complexity index is 561. The number of aromatic amines is 1. The second kappa shape index (κ2) is 8.36. The standard InChI is InChI=1S/C16H24N2O4/c1-10-14(12(3)19)11(2)18-15(10)16(22)17-9-7-5-4-6-8-13(20)21/h18H,4-9H2,1-3H3,(H,17,22)(H,20,21). The van der Waals surface area contributed by atoms with E-state index in [0.717, 1.165) is 19.3 Å². The molecule has 1 heterocycles. The lowest BCUT2D eigenvalue weighted by atomic mass is 10.1. The first-order chi connectivity index (χ1) is 10.3. The number of H-pyrrole nitrogens is 1. The van der Waals surface area contributed by atoms with Crippen molar-refractivity contribution in [3.05, 3.63) is 22.5 Å². The molecule has 0 saturated carbocycles. The zero-order valence-electron chi connectivity index (χ0n) is 13.4. The van der Waals surface area contributed by atoms with Gasteiger partial charge in [0.25, 0.3) is 5.91 Å². The molecule has 1 amide bonds. The number of hydrogen-bond acceptors (Lipinski definition) is 3. The lowest BCUT2D eigenvalue weighted by molar-refractivity contribution is -0.137. The van der Waals surface area contributed by atoms with Gasteiger partial charge in [-0.1, -0.05) is 12.8 Å². The molecule has 0 atom stereocenters. The van der Waals surface area contributed by atoms with Crippen molar-refractivity contribution in [1.82, 2.24) is 10.3 Å². The highest BCUT2D eigenvalue weighted by atomic mass is 16.4. The molecule has 22 heavy (non-hydrogen) atoms. The SMILES string of the molecule is CC(=O)c1c(C)[nH]c(C(=O)NCCCCCCC(=O)O)c1C. The van der Waals surface area contributed by atoms with Crippen LogP contribution in [0.5, 0.6) is 0 Å². The molecule has 1 aromatic heterocycles. The van der Waals surface area contributed by atoms with Crippen LogP contribution in [0.25, 0.3) is 0 Å². The number of unbranched alkanes of at least 4 members (excludes halogenated alkanes) is 3. The van der Waals surface area contributed by atoms with E-state index in [1.165, 1.54) is 6.92 Å². The van der Waals surface area contributed by atoms with Crippen LogP contribution in [0.2, 0.25) is 0 Å². The van der Waals surface area contributed by atoms with Crippen molar-refractivity contribution < 1.29 is 19.5 Å². The highest BCUT2D eigenvalue weighted by Crippen LogP contribution is 2.18. The quantitative estimate of drug-likeness (QED) is 0.482. The summed E-state index contributed by atoms with van der Waals surface area (Å²) in [7, 11) is 0. The number of amides is 1. The van der Waals surface area contributed by atoms with E-state index in [1.807, 2.05) is 0 Å². The fourth-order valence-electron chi connectivity index (χ4n) is 2.55. The summed E-state index contributed by atoms with van der Waals surface area (Å²) in [5, 5.41) is 11.3. The van der Waals surface area contributed by atoms with Crippen molar-refractivity contribution in [3.63, 3.8) is 0 Å². The van der Waals surface area contributed by atoms with Gasteiger partial charge >= 0.3 is 5.97 Å². The molecule has 6 heteroatoms. The van der Waals surface area contributed by atoms with Crippen molar-refractivity contribution in [1.29, 1.82) is 0 Å². The molecule has 6 nitrogen and oxygen atoms in total. The Balaban J connectivity index is 2.39. The van der Waals surface area contributed by atoms with E-state index >= 15 is 0 Å². The number of hydrogen-bond donors (Lipinski definition) is 3. The van der Waals surface area contributed by atoms with Gasteiger partial charge in [-0.25, -0.2) is 0 Å². The van der Waals surface area contributed by atoms with Crippen molar-refractivity contribution in [3.8, 4) is 0 Å². The van der Waals surface area contributed by atoms with E-state index < -0.39 is 5.97 Å². The Morgan fingerprint density at radius 3 is 2.27 bits per heavy atom. The van der Waals surface area contributed by atoms with Gasteiger partial charge in [0.2, 0.25) is 0 Å². The normalized spacial score (nSPS) is 10.5. The second-order valence-corrected chi connectivity index (χ2v) is 5.50. The molecule has 1 aromatic rings. The Morgan fingerprint density at radius 1 is 1.09 bits per heavy atom. The van der Waals surface area contributed by atoms with E-state index in [4.69, 9.17) is 5.11 Å². The average Bonchev–Trinajstić information content (AvgIpc) is 2.72. The smallest absolute Gasteiger partial charge is 0.303 e. The van der Waals surface area contributed by atoms with Gasteiger partial charge in [-0.15, -0.1) is 0 Å². The van der Waals surface area contributed by atoms with Crippen LogP contribution >= 0.6 is 0 Å². The highest BCUT2D eigenvalue weighted by molar-refractivity contribution is 6.02. The van der Waals surface area contributed by atoms with Gasteiger partial charge in [0.15, 0.2) is 5.78 Å². The molecule has 0 aliphatic heterocycles. The molecule has 0 aromatic carbocycles. The van der Waals surface area contributed by atoms with Crippen LogP contribution in [0.1, 0.15) is 71.1 Å². The number of aliphatic carboxylic acids is 1. The van der Waals surface area contributed by atoms with Crippen LogP contribution in [0.15, 0.2) is 0 Å². The maximum atomic E-state index is 12.1. The topological polar surface area (TPSA) is 99.3 Å². The third-order valence-corrected chi connectivity index (χ3v) is 3.62. The predicted molar refractivity (Wildman–Crippen MR) is 83.3 cm³/mol. The summed E-state index contributed by atoms with van der Waals surface area (Å²) in [6, 6.07) is 0. The number of Topliss-reactive ketones (excluding diaryl/α,β-unsaturated/α-hetero) is 1. The monoisotopic (exact) mass is 308 g/mol. The molecule has 122 valence electrons. The number of carbonyl (C=O) groups is 3. The maximum absolute atomic E-state index is 12.1. The molecule has 0 fully saturated rings. The fourth-order valence-corrected chi connectivity index (χ4v) is 2.55. The first-order valence-electron chi connectivity index (χ1n) is 7.54. The minimum absolute atomic E-state index is 0.0521. The van der Waals surface area contributed by atoms with E-state index in [2.05, 4.69) is 10.3 Å². The maximum Gasteiger partial charge on any atom is 0.303 e. The predicted octanol–water partition coefficient (Wildman–Crippen LogP) is 2.60. The minimum Gasteiger partial charge on any atom is -0.481 e. The first-order valence-corrected chi connectivity index (χ1v) is 7.54. The van der Waals surface area contributed by atoms with Gasteiger partial charge in [0.1, 0.15) is 5.69 Å². The molecule has 0 spiro atoms. The number of aryl methyl sites for hydroxylation is 1. The summed E-state index contributed by atoms with van der Waals surface area (Å²) in [6.45, 7) is 5.57. The highest BCUT2D eigenvalue weighted by Gasteiger charge is 2.19. The summed E-state index contributed by atoms with van der Waals surface area (Å²) in [4.78, 5) is 37.0. The third-order valence-electron chi connectivity index (χ3n) is 3.62. The number of carboxylic acids is 1. The van der Waals surface area contributed by atoms with Gasteiger partial charge < -0.3 is 15.4 Å². The van der Waals surface area contributed by atoms with Gasteiger partial charge in [-0.3, -0.25) is 14.4 Å². The molecule has 3 N–H and O–H groups in total. The molecule has 0 aliphatic rings. The van der Waals surface area contributed by atoms with E-state index in [-0.39, 0.29) is 18.1 Å². The van der Waals surface area contributed by atoms with Crippen LogP contribution in [0.4, 0.5) is 0 Å². The van der Waals surface area contributed by atoms with Crippen molar-refractivity contribution in [2.45, 2.75) is 52.9 Å². The van der Waals surface area contributed by atoms with Crippen molar-refractivity contribution >= 4 is 17.7 Å².